The Morgan fingerprint density at radius 1 is 1.16 bits per heavy atom. The number of phenols is 1. The summed E-state index contributed by atoms with van der Waals surface area (Å²) in [7, 11) is 1.49. The largest absolute Gasteiger partial charge is 0.507 e. The van der Waals surface area contributed by atoms with E-state index in [1.807, 2.05) is 0 Å². The Morgan fingerprint density at radius 3 is 2.80 bits per heavy atom. The van der Waals surface area contributed by atoms with Gasteiger partial charge in [0.05, 0.1) is 18.2 Å². The maximum atomic E-state index is 13.4. The number of nitrogens with one attached hydrogen (secondary N) is 1. The lowest BCUT2D eigenvalue weighted by molar-refractivity contribution is 0.103. The highest BCUT2D eigenvalue weighted by Crippen LogP contribution is 2.29. The minimum absolute atomic E-state index is 0.131. The predicted molar refractivity (Wildman–Crippen MR) is 91.6 cm³/mol. The second-order valence-electron chi connectivity index (χ2n) is 5.65. The first-order valence-corrected chi connectivity index (χ1v) is 7.55. The van der Waals surface area contributed by atoms with Gasteiger partial charge in [-0.05, 0) is 42.5 Å². The number of H-pyrrole nitrogens is 1. The number of pyridine rings is 1. The minimum atomic E-state index is -0.373. The Kier molecular flexibility index (Phi) is 3.39. The number of phenolic OH excluding ortho intramolecular Hbond substituents is 1. The highest BCUT2D eigenvalue weighted by atomic mass is 19.1. The summed E-state index contributed by atoms with van der Waals surface area (Å²) in [5.41, 5.74) is 1.62. The summed E-state index contributed by atoms with van der Waals surface area (Å²) in [6.45, 7) is 0. The van der Waals surface area contributed by atoms with Crippen LogP contribution in [0, 0.1) is 5.82 Å². The fourth-order valence-electron chi connectivity index (χ4n) is 2.86. The van der Waals surface area contributed by atoms with Crippen molar-refractivity contribution < 1.29 is 19.0 Å². The van der Waals surface area contributed by atoms with Gasteiger partial charge in [0.15, 0.2) is 5.78 Å². The second kappa shape index (κ2) is 5.59. The van der Waals surface area contributed by atoms with E-state index in [1.165, 1.54) is 37.6 Å². The third-order valence-electron chi connectivity index (χ3n) is 4.12. The van der Waals surface area contributed by atoms with E-state index in [0.717, 1.165) is 5.39 Å². The highest BCUT2D eigenvalue weighted by molar-refractivity contribution is 6.14. The zero-order chi connectivity index (χ0) is 17.6. The molecule has 2 aromatic heterocycles. The predicted octanol–water partition coefficient (Wildman–Crippen LogP) is 3.80. The van der Waals surface area contributed by atoms with Crippen molar-refractivity contribution in [1.29, 1.82) is 0 Å². The third-order valence-corrected chi connectivity index (χ3v) is 4.12. The topological polar surface area (TPSA) is 75.2 Å². The van der Waals surface area contributed by atoms with Gasteiger partial charge in [-0.2, -0.15) is 0 Å². The number of hydrogen-bond acceptors (Lipinski definition) is 4. The van der Waals surface area contributed by atoms with Gasteiger partial charge >= 0.3 is 0 Å². The quantitative estimate of drug-likeness (QED) is 0.558. The molecule has 0 spiro atoms. The van der Waals surface area contributed by atoms with Crippen LogP contribution in [0.1, 0.15) is 15.9 Å². The molecule has 0 atom stereocenters. The Labute approximate surface area is 141 Å². The maximum Gasteiger partial charge on any atom is 0.198 e. The maximum absolute atomic E-state index is 13.4. The van der Waals surface area contributed by atoms with Gasteiger partial charge in [0.1, 0.15) is 23.0 Å². The van der Waals surface area contributed by atoms with E-state index in [0.29, 0.717) is 27.9 Å². The molecule has 2 aromatic carbocycles. The number of carbonyl (C=O) groups is 1. The van der Waals surface area contributed by atoms with Gasteiger partial charge in [0.25, 0.3) is 0 Å². The molecule has 0 radical (unpaired) electrons. The van der Waals surface area contributed by atoms with Gasteiger partial charge in [-0.15, -0.1) is 0 Å². The molecule has 2 heterocycles. The minimum Gasteiger partial charge on any atom is -0.507 e. The van der Waals surface area contributed by atoms with Crippen LogP contribution in [0.5, 0.6) is 11.5 Å². The number of nitrogens with zero attached hydrogens (tertiary/aromatic N) is 1. The fraction of sp³-hybridized carbons (Fsp3) is 0.0526. The molecule has 0 aliphatic rings. The normalized spacial score (nSPS) is 11.1. The summed E-state index contributed by atoms with van der Waals surface area (Å²) in [6.07, 6.45) is 1.43. The number of aromatic nitrogens is 2. The number of ketones is 1. The lowest BCUT2D eigenvalue weighted by Crippen LogP contribution is -2.03. The lowest BCUT2D eigenvalue weighted by Gasteiger charge is -2.06. The van der Waals surface area contributed by atoms with Crippen LogP contribution in [0.15, 0.2) is 48.7 Å². The average molecular weight is 336 g/mol. The molecule has 0 bridgehead atoms. The summed E-state index contributed by atoms with van der Waals surface area (Å²) < 4.78 is 18.5. The zero-order valence-corrected chi connectivity index (χ0v) is 13.2. The number of ether oxygens (including phenoxy) is 1. The Hall–Kier alpha value is -3.41. The molecule has 5 nitrogen and oxygen atoms in total. The number of methoxy groups -OCH3 is 1. The van der Waals surface area contributed by atoms with Crippen LogP contribution in [-0.4, -0.2) is 28.0 Å². The first kappa shape index (κ1) is 15.1. The Bertz CT molecular complexity index is 1130. The van der Waals surface area contributed by atoms with E-state index in [4.69, 9.17) is 4.74 Å². The molecule has 6 heteroatoms. The molecule has 0 saturated heterocycles. The number of halogens is 1. The molecule has 0 aliphatic heterocycles. The summed E-state index contributed by atoms with van der Waals surface area (Å²) in [5, 5.41) is 11.5. The molecular weight excluding hydrogens is 323 g/mol. The van der Waals surface area contributed by atoms with Gasteiger partial charge in [0, 0.05) is 22.5 Å². The molecule has 0 unspecified atom stereocenters. The zero-order valence-electron chi connectivity index (χ0n) is 13.2. The number of benzene rings is 2. The van der Waals surface area contributed by atoms with E-state index >= 15 is 0 Å². The van der Waals surface area contributed by atoms with Crippen molar-refractivity contribution in [2.75, 3.05) is 7.11 Å². The molecule has 4 aromatic rings. The van der Waals surface area contributed by atoms with Gasteiger partial charge in [-0.3, -0.25) is 4.79 Å². The standard InChI is InChI=1S/C19H13FN2O3/c1-25-12-3-5-17(23)15(8-12)18(24)10-6-14-13-4-2-11(20)7-16(13)22-19(14)21-9-10/h2-9,23H,1H3,(H,21,22). The lowest BCUT2D eigenvalue weighted by atomic mass is 10.0. The SMILES string of the molecule is COc1ccc(O)c(C(=O)c2cnc3[nH]c4cc(F)ccc4c3c2)c1. The Balaban J connectivity index is 1.86. The summed E-state index contributed by atoms with van der Waals surface area (Å²) >= 11 is 0. The number of fused-ring (bicyclic) bond motifs is 3. The van der Waals surface area contributed by atoms with Crippen LogP contribution in [0.25, 0.3) is 21.9 Å². The molecule has 2 N–H and O–H groups in total. The summed E-state index contributed by atoms with van der Waals surface area (Å²) in [4.78, 5) is 20.0. The molecule has 124 valence electrons. The van der Waals surface area contributed by atoms with Crippen molar-refractivity contribution >= 4 is 27.7 Å². The molecule has 25 heavy (non-hydrogen) atoms. The summed E-state index contributed by atoms with van der Waals surface area (Å²) in [6, 6.07) is 10.5. The smallest absolute Gasteiger partial charge is 0.198 e. The number of rotatable bonds is 3. The van der Waals surface area contributed by atoms with Crippen molar-refractivity contribution in [2.45, 2.75) is 0 Å². The van der Waals surface area contributed by atoms with E-state index in [9.17, 15) is 14.3 Å². The van der Waals surface area contributed by atoms with E-state index < -0.39 is 0 Å². The van der Waals surface area contributed by atoms with Crippen molar-refractivity contribution in [3.05, 3.63) is 65.6 Å². The monoisotopic (exact) mass is 336 g/mol. The molecule has 4 rings (SSSR count). The van der Waals surface area contributed by atoms with E-state index in [2.05, 4.69) is 9.97 Å². The van der Waals surface area contributed by atoms with Crippen LogP contribution in [-0.2, 0) is 0 Å². The fourth-order valence-corrected chi connectivity index (χ4v) is 2.86. The molecule has 0 amide bonds. The first-order valence-electron chi connectivity index (χ1n) is 7.55. The number of hydrogen-bond donors (Lipinski definition) is 2. The van der Waals surface area contributed by atoms with E-state index in [-0.39, 0.29) is 22.9 Å². The van der Waals surface area contributed by atoms with Crippen LogP contribution >= 0.6 is 0 Å². The van der Waals surface area contributed by atoms with E-state index in [1.54, 1.807) is 18.2 Å². The number of aromatic amines is 1. The van der Waals surface area contributed by atoms with Crippen molar-refractivity contribution in [3.8, 4) is 11.5 Å². The van der Waals surface area contributed by atoms with Crippen molar-refractivity contribution in [3.63, 3.8) is 0 Å². The van der Waals surface area contributed by atoms with Crippen LogP contribution < -0.4 is 4.74 Å². The number of carbonyl (C=O) groups excluding carboxylic acids is 1. The van der Waals surface area contributed by atoms with Gasteiger partial charge in [0.2, 0.25) is 0 Å². The second-order valence-corrected chi connectivity index (χ2v) is 5.65. The molecule has 0 saturated carbocycles. The van der Waals surface area contributed by atoms with Crippen molar-refractivity contribution in [2.24, 2.45) is 0 Å². The highest BCUT2D eigenvalue weighted by Gasteiger charge is 2.17. The van der Waals surface area contributed by atoms with Crippen LogP contribution in [0.2, 0.25) is 0 Å². The average Bonchev–Trinajstić information content (AvgIpc) is 2.98. The third kappa shape index (κ3) is 2.48. The Morgan fingerprint density at radius 2 is 2.00 bits per heavy atom. The van der Waals surface area contributed by atoms with Crippen LogP contribution in [0.3, 0.4) is 0 Å². The van der Waals surface area contributed by atoms with Crippen molar-refractivity contribution in [1.82, 2.24) is 9.97 Å². The summed E-state index contributed by atoms with van der Waals surface area (Å²) in [5.74, 6) is -0.386. The molecule has 0 fully saturated rings. The first-order chi connectivity index (χ1) is 12.1. The van der Waals surface area contributed by atoms with Gasteiger partial charge < -0.3 is 14.8 Å². The van der Waals surface area contributed by atoms with Gasteiger partial charge in [-0.25, -0.2) is 9.37 Å². The number of aromatic hydroxyl groups is 1. The van der Waals surface area contributed by atoms with Gasteiger partial charge in [-0.1, -0.05) is 0 Å². The molecular formula is C19H13FN2O3. The van der Waals surface area contributed by atoms with Crippen LogP contribution in [0.4, 0.5) is 4.39 Å². The molecule has 0 aliphatic carbocycles.